The number of fused-ring (bicyclic) bond motifs is 3. The molecule has 0 bridgehead atoms. The van der Waals surface area contributed by atoms with Gasteiger partial charge in [0.05, 0.1) is 9.43 Å². The number of amides is 1. The van der Waals surface area contributed by atoms with Crippen molar-refractivity contribution >= 4 is 51.0 Å². The first-order valence-corrected chi connectivity index (χ1v) is 11.6. The molecule has 3 aromatic heterocycles. The fourth-order valence-electron chi connectivity index (χ4n) is 4.06. The maximum Gasteiger partial charge on any atom is 0.433 e. The topological polar surface area (TPSA) is 102 Å². The lowest BCUT2D eigenvalue weighted by atomic mass is 9.97. The van der Waals surface area contributed by atoms with Crippen molar-refractivity contribution in [1.82, 2.24) is 29.5 Å². The molecule has 0 aliphatic carbocycles. The lowest BCUT2D eigenvalue weighted by Crippen LogP contribution is -2.44. The Labute approximate surface area is 207 Å². The van der Waals surface area contributed by atoms with E-state index in [2.05, 4.69) is 20.1 Å². The quantitative estimate of drug-likeness (QED) is 0.159. The number of hydrogen-bond donors (Lipinski definition) is 1. The number of anilines is 1. The van der Waals surface area contributed by atoms with Gasteiger partial charge in [-0.25, -0.2) is 23.7 Å². The molecule has 1 amide bonds. The third kappa shape index (κ3) is 4.23. The van der Waals surface area contributed by atoms with Crippen molar-refractivity contribution in [3.8, 4) is 0 Å². The molecule has 0 saturated carbocycles. The number of benzene rings is 1. The van der Waals surface area contributed by atoms with Gasteiger partial charge in [0.1, 0.15) is 22.7 Å². The predicted octanol–water partition coefficient (Wildman–Crippen LogP) is 4.33. The van der Waals surface area contributed by atoms with Gasteiger partial charge in [0, 0.05) is 18.5 Å². The highest BCUT2D eigenvalue weighted by molar-refractivity contribution is 14.1. The van der Waals surface area contributed by atoms with Crippen LogP contribution in [0.1, 0.15) is 40.8 Å². The van der Waals surface area contributed by atoms with Crippen molar-refractivity contribution in [3.63, 3.8) is 0 Å². The van der Waals surface area contributed by atoms with E-state index < -0.39 is 35.3 Å². The summed E-state index contributed by atoms with van der Waals surface area (Å²) < 4.78 is 68.1. The molecule has 1 saturated heterocycles. The van der Waals surface area contributed by atoms with E-state index in [9.17, 15) is 26.7 Å². The standard InChI is InChI=1S/C21H15F5IN7O/c22-10-6-11-16(12(23)7-10)30-20(28)34-18(11)31-17(32-34)9-4-5-15(27)33(8-9)19(35)13-2-1-3-14(29-13)21(24,25)26/h1-3,6-7,9,15H,4-5,8H2,(H2,28,30)/t9-,15-/m1/s1. The Kier molecular flexibility index (Phi) is 5.72. The fraction of sp³-hybridized carbons (Fsp3) is 0.286. The average Bonchev–Trinajstić information content (AvgIpc) is 3.26. The number of aromatic nitrogens is 5. The monoisotopic (exact) mass is 603 g/mol. The summed E-state index contributed by atoms with van der Waals surface area (Å²) in [5, 5.41) is 4.43. The maximum atomic E-state index is 14.2. The smallest absolute Gasteiger partial charge is 0.368 e. The van der Waals surface area contributed by atoms with E-state index in [1.807, 2.05) is 22.6 Å². The molecular formula is C21H15F5IN7O. The van der Waals surface area contributed by atoms with Gasteiger partial charge >= 0.3 is 6.18 Å². The number of halogens is 6. The Morgan fingerprint density at radius 2 is 1.89 bits per heavy atom. The molecule has 0 unspecified atom stereocenters. The first-order chi connectivity index (χ1) is 16.5. The maximum absolute atomic E-state index is 14.2. The van der Waals surface area contributed by atoms with Gasteiger partial charge in [0.25, 0.3) is 5.91 Å². The minimum Gasteiger partial charge on any atom is -0.368 e. The molecule has 1 aliphatic heterocycles. The molecule has 1 aromatic carbocycles. The molecule has 2 N–H and O–H groups in total. The van der Waals surface area contributed by atoms with E-state index in [1.54, 1.807) is 0 Å². The van der Waals surface area contributed by atoms with Gasteiger partial charge in [-0.3, -0.25) is 4.79 Å². The number of hydrogen-bond acceptors (Lipinski definition) is 6. The first kappa shape index (κ1) is 23.6. The summed E-state index contributed by atoms with van der Waals surface area (Å²) in [6.45, 7) is 0.106. The van der Waals surface area contributed by atoms with Crippen molar-refractivity contribution < 1.29 is 26.7 Å². The zero-order valence-corrected chi connectivity index (χ0v) is 19.8. The number of carbonyl (C=O) groups is 1. The Morgan fingerprint density at radius 1 is 1.11 bits per heavy atom. The molecule has 0 radical (unpaired) electrons. The summed E-state index contributed by atoms with van der Waals surface area (Å²) in [6.07, 6.45) is -3.60. The Balaban J connectivity index is 1.50. The lowest BCUT2D eigenvalue weighted by molar-refractivity contribution is -0.141. The number of nitrogens with two attached hydrogens (primary N) is 1. The normalized spacial score (nSPS) is 19.0. The molecule has 0 spiro atoms. The number of rotatable bonds is 2. The van der Waals surface area contributed by atoms with Crippen molar-refractivity contribution in [3.05, 3.63) is 59.2 Å². The zero-order chi connectivity index (χ0) is 25.1. The van der Waals surface area contributed by atoms with Crippen LogP contribution in [0.4, 0.5) is 27.9 Å². The number of carbonyl (C=O) groups excluding carboxylic acids is 1. The number of alkyl halides is 4. The summed E-state index contributed by atoms with van der Waals surface area (Å²) in [5.74, 6) is -2.64. The van der Waals surface area contributed by atoms with Gasteiger partial charge in [-0.2, -0.15) is 17.7 Å². The van der Waals surface area contributed by atoms with Gasteiger partial charge in [0.15, 0.2) is 17.3 Å². The van der Waals surface area contributed by atoms with Crippen LogP contribution in [0.2, 0.25) is 0 Å². The van der Waals surface area contributed by atoms with Crippen molar-refractivity contribution in [2.45, 2.75) is 29.0 Å². The van der Waals surface area contributed by atoms with Crippen LogP contribution < -0.4 is 5.73 Å². The second kappa shape index (κ2) is 8.49. The van der Waals surface area contributed by atoms with Crippen LogP contribution in [0.5, 0.6) is 0 Å². The zero-order valence-electron chi connectivity index (χ0n) is 17.6. The molecule has 1 fully saturated rings. The molecule has 182 valence electrons. The number of piperidine rings is 1. The van der Waals surface area contributed by atoms with Crippen LogP contribution in [0.15, 0.2) is 30.3 Å². The second-order valence-electron chi connectivity index (χ2n) is 8.03. The summed E-state index contributed by atoms with van der Waals surface area (Å²) >= 11 is 2.05. The van der Waals surface area contributed by atoms with Gasteiger partial charge < -0.3 is 10.6 Å². The van der Waals surface area contributed by atoms with Gasteiger partial charge in [-0.15, -0.1) is 5.10 Å². The van der Waals surface area contributed by atoms with Crippen molar-refractivity contribution in [2.75, 3.05) is 12.3 Å². The minimum absolute atomic E-state index is 0.0825. The Morgan fingerprint density at radius 3 is 2.63 bits per heavy atom. The summed E-state index contributed by atoms with van der Waals surface area (Å²) in [4.78, 5) is 26.4. The molecule has 8 nitrogen and oxygen atoms in total. The molecule has 4 heterocycles. The van der Waals surface area contributed by atoms with Crippen LogP contribution in [0.3, 0.4) is 0 Å². The number of likely N-dealkylation sites (tertiary alicyclic amines) is 1. The largest absolute Gasteiger partial charge is 0.433 e. The lowest BCUT2D eigenvalue weighted by Gasteiger charge is -2.35. The van der Waals surface area contributed by atoms with E-state index >= 15 is 0 Å². The van der Waals surface area contributed by atoms with Crippen LogP contribution >= 0.6 is 22.6 Å². The second-order valence-corrected chi connectivity index (χ2v) is 9.47. The third-order valence-electron chi connectivity index (χ3n) is 5.73. The first-order valence-electron chi connectivity index (χ1n) is 10.3. The predicted molar refractivity (Wildman–Crippen MR) is 123 cm³/mol. The third-order valence-corrected chi connectivity index (χ3v) is 7.02. The van der Waals surface area contributed by atoms with E-state index in [-0.39, 0.29) is 44.6 Å². The molecule has 4 aromatic rings. The fourth-order valence-corrected chi connectivity index (χ4v) is 4.90. The van der Waals surface area contributed by atoms with Crippen molar-refractivity contribution in [1.29, 1.82) is 0 Å². The number of nitrogen functional groups attached to an aromatic ring is 1. The highest BCUT2D eigenvalue weighted by Crippen LogP contribution is 2.34. The molecule has 35 heavy (non-hydrogen) atoms. The molecule has 1 aliphatic rings. The number of nitrogens with zero attached hydrogens (tertiary/aromatic N) is 6. The Hall–Kier alpha value is -3.17. The molecule has 2 atom stereocenters. The van der Waals surface area contributed by atoms with Gasteiger partial charge in [-0.1, -0.05) is 28.7 Å². The van der Waals surface area contributed by atoms with Gasteiger partial charge in [0.2, 0.25) is 5.95 Å². The van der Waals surface area contributed by atoms with E-state index in [1.165, 1.54) is 15.5 Å². The summed E-state index contributed by atoms with van der Waals surface area (Å²) in [5.41, 5.74) is 4.39. The molecule has 14 heteroatoms. The summed E-state index contributed by atoms with van der Waals surface area (Å²) in [7, 11) is 0. The molecule has 5 rings (SSSR count). The summed E-state index contributed by atoms with van der Waals surface area (Å²) in [6, 6.07) is 4.93. The van der Waals surface area contributed by atoms with Crippen LogP contribution in [0.25, 0.3) is 16.6 Å². The highest BCUT2D eigenvalue weighted by atomic mass is 127. The van der Waals surface area contributed by atoms with E-state index in [0.717, 1.165) is 18.2 Å². The average molecular weight is 603 g/mol. The molecular weight excluding hydrogens is 588 g/mol. The Bertz CT molecular complexity index is 1470. The van der Waals surface area contributed by atoms with Gasteiger partial charge in [-0.05, 0) is 31.0 Å². The van der Waals surface area contributed by atoms with Crippen LogP contribution in [-0.4, -0.2) is 46.0 Å². The van der Waals surface area contributed by atoms with Crippen LogP contribution in [0, 0.1) is 11.6 Å². The van der Waals surface area contributed by atoms with E-state index in [0.29, 0.717) is 18.9 Å². The minimum atomic E-state index is -4.68. The van der Waals surface area contributed by atoms with E-state index in [4.69, 9.17) is 5.73 Å². The number of pyridine rings is 1. The van der Waals surface area contributed by atoms with Crippen LogP contribution in [-0.2, 0) is 6.18 Å². The highest BCUT2D eigenvalue weighted by Gasteiger charge is 2.36. The SMILES string of the molecule is Nc1nc2c(F)cc(F)cc2c2nc([C@@H]3CC[C@H](I)N(C(=O)c4cccc(C(F)(F)F)n4)C3)nn12. The van der Waals surface area contributed by atoms with Crippen molar-refractivity contribution in [2.24, 2.45) is 0 Å².